The number of nitrogens with one attached hydrogen (secondary N) is 2. The van der Waals surface area contributed by atoms with Gasteiger partial charge in [0, 0.05) is 35.8 Å². The highest BCUT2D eigenvalue weighted by Crippen LogP contribution is 2.46. The van der Waals surface area contributed by atoms with Gasteiger partial charge in [0.05, 0.1) is 34.5 Å². The fraction of sp³-hybridized carbons (Fsp3) is 0.357. The number of aromatic nitrogens is 1. The van der Waals surface area contributed by atoms with E-state index in [1.807, 2.05) is 18.2 Å². The minimum Gasteiger partial charge on any atom is -0.373 e. The van der Waals surface area contributed by atoms with Crippen LogP contribution >= 0.6 is 23.2 Å². The number of anilines is 2. The predicted octanol–water partition coefficient (Wildman–Crippen LogP) is 5.16. The van der Waals surface area contributed by atoms with Gasteiger partial charge in [-0.1, -0.05) is 34.4 Å². The lowest BCUT2D eigenvalue weighted by Gasteiger charge is -2.34. The van der Waals surface area contributed by atoms with Crippen molar-refractivity contribution >= 4 is 46.5 Å². The van der Waals surface area contributed by atoms with Crippen LogP contribution in [0.5, 0.6) is 0 Å². The van der Waals surface area contributed by atoms with E-state index in [9.17, 15) is 9.59 Å². The van der Waals surface area contributed by atoms with Crippen molar-refractivity contribution in [2.24, 2.45) is 0 Å². The Balaban J connectivity index is 1.08. The number of hydrogen-bond acceptors (Lipinski definition) is 8. The molecule has 1 unspecified atom stereocenters. The molecule has 2 aliphatic heterocycles. The summed E-state index contributed by atoms with van der Waals surface area (Å²) in [4.78, 5) is 26.2. The van der Waals surface area contributed by atoms with E-state index < -0.39 is 18.0 Å². The number of benzene rings is 2. The van der Waals surface area contributed by atoms with Gasteiger partial charge in [0.2, 0.25) is 0 Å². The van der Waals surface area contributed by atoms with Gasteiger partial charge >= 0.3 is 6.03 Å². The number of nitrogens with zero attached hydrogens (tertiary/aromatic N) is 4. The fourth-order valence-corrected chi connectivity index (χ4v) is 5.68. The van der Waals surface area contributed by atoms with E-state index in [4.69, 9.17) is 37.7 Å². The molecule has 40 heavy (non-hydrogen) atoms. The number of hydrazine groups is 1. The first-order valence-corrected chi connectivity index (χ1v) is 13.9. The number of nitriles is 1. The van der Waals surface area contributed by atoms with Gasteiger partial charge in [0.15, 0.2) is 6.04 Å². The van der Waals surface area contributed by atoms with Gasteiger partial charge in [-0.2, -0.15) is 10.7 Å². The molecular weight excluding hydrogens is 555 g/mol. The number of hydrogen-bond donors (Lipinski definition) is 2. The summed E-state index contributed by atoms with van der Waals surface area (Å²) >= 11 is 13.0. The first-order chi connectivity index (χ1) is 19.4. The Hall–Kier alpha value is -3.62. The van der Waals surface area contributed by atoms with E-state index >= 15 is 0 Å². The van der Waals surface area contributed by atoms with Gasteiger partial charge in [-0.3, -0.25) is 10.1 Å². The molecule has 1 aromatic heterocycles. The highest BCUT2D eigenvalue weighted by Gasteiger charge is 2.35. The molecule has 206 valence electrons. The van der Waals surface area contributed by atoms with Crippen molar-refractivity contribution in [2.75, 3.05) is 23.0 Å². The van der Waals surface area contributed by atoms with Crippen LogP contribution in [0.2, 0.25) is 10.0 Å². The third-order valence-electron chi connectivity index (χ3n) is 7.43. The van der Waals surface area contributed by atoms with Crippen molar-refractivity contribution < 1.29 is 18.8 Å². The number of ether oxygens (including phenoxy) is 1. The topological polar surface area (TPSA) is 124 Å². The average Bonchev–Trinajstić information content (AvgIpc) is 3.72. The highest BCUT2D eigenvalue weighted by molar-refractivity contribution is 6.39. The molecule has 10 nitrogen and oxygen atoms in total. The van der Waals surface area contributed by atoms with Crippen LogP contribution in [0, 0.1) is 11.3 Å². The number of rotatable bonds is 7. The van der Waals surface area contributed by atoms with Gasteiger partial charge in [-0.05, 0) is 62.1 Å². The summed E-state index contributed by atoms with van der Waals surface area (Å²) in [5.74, 6) is 0.566. The summed E-state index contributed by atoms with van der Waals surface area (Å²) < 4.78 is 12.1. The zero-order valence-corrected chi connectivity index (χ0v) is 22.9. The predicted molar refractivity (Wildman–Crippen MR) is 149 cm³/mol. The Morgan fingerprint density at radius 2 is 1.70 bits per heavy atom. The molecule has 12 heteroatoms. The zero-order valence-electron chi connectivity index (χ0n) is 21.4. The molecule has 3 aliphatic rings. The van der Waals surface area contributed by atoms with Crippen LogP contribution in [0.1, 0.15) is 42.9 Å². The van der Waals surface area contributed by atoms with E-state index in [0.29, 0.717) is 39.5 Å². The molecule has 1 saturated carbocycles. The van der Waals surface area contributed by atoms with Crippen LogP contribution in [0.4, 0.5) is 16.2 Å². The largest absolute Gasteiger partial charge is 0.373 e. The fourth-order valence-electron chi connectivity index (χ4n) is 5.10. The van der Waals surface area contributed by atoms with Crippen molar-refractivity contribution in [1.82, 2.24) is 15.9 Å². The molecule has 0 spiro atoms. The molecule has 0 bridgehead atoms. The third-order valence-corrected chi connectivity index (χ3v) is 8.06. The lowest BCUT2D eigenvalue weighted by Crippen LogP contribution is -2.64. The van der Waals surface area contributed by atoms with Gasteiger partial charge in [0.1, 0.15) is 11.5 Å². The smallest absolute Gasteiger partial charge is 0.343 e. The summed E-state index contributed by atoms with van der Waals surface area (Å²) in [6, 6.07) is 12.9. The number of piperidine rings is 1. The van der Waals surface area contributed by atoms with Gasteiger partial charge in [0.25, 0.3) is 5.91 Å². The van der Waals surface area contributed by atoms with Gasteiger partial charge in [-0.15, -0.1) is 0 Å². The second kappa shape index (κ2) is 11.1. The SMILES string of the molecule is N#CC1NN(c2ccc(N3CCC(OCc4c(-c5c(Cl)cccc5Cl)noc4C4CC4)CC3)cc2)C(=O)NC1=O. The third kappa shape index (κ3) is 5.25. The molecule has 3 heterocycles. The molecule has 2 aromatic carbocycles. The molecule has 3 aromatic rings. The Bertz CT molecular complexity index is 1450. The second-order valence-corrected chi connectivity index (χ2v) is 10.9. The van der Waals surface area contributed by atoms with E-state index in [1.54, 1.807) is 30.3 Å². The standard InChI is InChI=1S/C28H26Cl2N6O4/c29-21-2-1-3-22(30)24(21)25-20(26(40-34-25)16-4-5-16)15-39-19-10-12-35(13-11-19)17-6-8-18(9-7-17)36-28(38)32-27(37)23(14-31)33-36/h1-3,6-9,16,19,23,33H,4-5,10-13,15H2,(H,32,37,38). The average molecular weight is 581 g/mol. The summed E-state index contributed by atoms with van der Waals surface area (Å²) in [7, 11) is 0. The van der Waals surface area contributed by atoms with Gasteiger partial charge < -0.3 is 14.2 Å². The quantitative estimate of drug-likeness (QED) is 0.392. The number of carbonyl (C=O) groups excluding carboxylic acids is 2. The first-order valence-electron chi connectivity index (χ1n) is 13.1. The minimum atomic E-state index is -1.13. The Morgan fingerprint density at radius 1 is 1.02 bits per heavy atom. The maximum absolute atomic E-state index is 12.2. The van der Waals surface area contributed by atoms with Crippen molar-refractivity contribution in [3.8, 4) is 17.3 Å². The monoisotopic (exact) mass is 580 g/mol. The maximum Gasteiger partial charge on any atom is 0.343 e. The number of halogens is 2. The minimum absolute atomic E-state index is 0.0775. The van der Waals surface area contributed by atoms with E-state index in [-0.39, 0.29) is 6.10 Å². The summed E-state index contributed by atoms with van der Waals surface area (Å²) in [6.45, 7) is 1.99. The van der Waals surface area contributed by atoms with Crippen molar-refractivity contribution in [3.05, 3.63) is 63.8 Å². The molecule has 3 fully saturated rings. The van der Waals surface area contributed by atoms with Crippen LogP contribution in [0.25, 0.3) is 11.3 Å². The maximum atomic E-state index is 12.2. The van der Waals surface area contributed by atoms with E-state index in [0.717, 1.165) is 55.8 Å². The lowest BCUT2D eigenvalue weighted by atomic mass is 10.0. The van der Waals surface area contributed by atoms with E-state index in [1.165, 1.54) is 5.01 Å². The van der Waals surface area contributed by atoms with Crippen LogP contribution in [0.15, 0.2) is 47.0 Å². The Labute approximate surface area is 240 Å². The van der Waals surface area contributed by atoms with E-state index in [2.05, 4.69) is 20.8 Å². The number of amides is 3. The molecule has 1 atom stereocenters. The van der Waals surface area contributed by atoms with Crippen LogP contribution < -0.4 is 20.7 Å². The number of urea groups is 1. The summed E-state index contributed by atoms with van der Waals surface area (Å²) in [6.07, 6.45) is 3.91. The van der Waals surface area contributed by atoms with Gasteiger partial charge in [-0.25, -0.2) is 9.80 Å². The molecule has 2 saturated heterocycles. The summed E-state index contributed by atoms with van der Waals surface area (Å²) in [5, 5.41) is 17.9. The van der Waals surface area contributed by atoms with Crippen LogP contribution in [0.3, 0.4) is 0 Å². The van der Waals surface area contributed by atoms with Crippen LogP contribution in [-0.2, 0) is 16.1 Å². The van der Waals surface area contributed by atoms with Crippen molar-refractivity contribution in [1.29, 1.82) is 5.26 Å². The molecule has 0 radical (unpaired) electrons. The molecule has 6 rings (SSSR count). The lowest BCUT2D eigenvalue weighted by molar-refractivity contribution is -0.121. The first kappa shape index (κ1) is 26.6. The Morgan fingerprint density at radius 3 is 2.35 bits per heavy atom. The zero-order chi connectivity index (χ0) is 27.8. The molecule has 1 aliphatic carbocycles. The summed E-state index contributed by atoms with van der Waals surface area (Å²) in [5.41, 5.74) is 6.43. The van der Waals surface area contributed by atoms with Crippen molar-refractivity contribution in [2.45, 2.75) is 50.4 Å². The normalized spacial score (nSPS) is 20.0. The van der Waals surface area contributed by atoms with Crippen molar-refractivity contribution in [3.63, 3.8) is 0 Å². The second-order valence-electron chi connectivity index (χ2n) is 10.1. The highest BCUT2D eigenvalue weighted by atomic mass is 35.5. The number of carbonyl (C=O) groups is 2. The molecule has 2 N–H and O–H groups in total. The van der Waals surface area contributed by atoms with Crippen LogP contribution in [-0.4, -0.2) is 42.3 Å². The molecular formula is C28H26Cl2N6O4. The number of imide groups is 1. The molecule has 3 amide bonds. The Kier molecular flexibility index (Phi) is 7.38.